The molecule has 0 N–H and O–H groups in total. The largest absolute Gasteiger partial charge is 0.381 e. The van der Waals surface area contributed by atoms with Gasteiger partial charge in [-0.15, -0.1) is 11.8 Å². The Hall–Kier alpha value is -0.800. The maximum Gasteiger partial charge on any atom is 0.132 e. The van der Waals surface area contributed by atoms with Crippen LogP contribution in [-0.2, 0) is 9.53 Å². The van der Waals surface area contributed by atoms with Gasteiger partial charge >= 0.3 is 0 Å². The second-order valence-corrected chi connectivity index (χ2v) is 5.38. The maximum absolute atomic E-state index is 11.0. The highest BCUT2D eigenvalue weighted by Crippen LogP contribution is 2.20. The lowest BCUT2D eigenvalue weighted by Gasteiger charge is -2.13. The Morgan fingerprint density at radius 1 is 1.20 bits per heavy atom. The lowest BCUT2D eigenvalue weighted by atomic mass is 10.1. The molecule has 1 aromatic carbocycles. The number of hydrogen-bond acceptors (Lipinski definition) is 3. The summed E-state index contributed by atoms with van der Waals surface area (Å²) in [5, 5.41) is 0. The monoisotopic (exact) mass is 300 g/mol. The van der Waals surface area contributed by atoms with E-state index in [4.69, 9.17) is 4.74 Å². The fourth-order valence-electron chi connectivity index (χ4n) is 1.57. The number of aryl methyl sites for hydroxylation is 1. The first kappa shape index (κ1) is 24.2. The van der Waals surface area contributed by atoms with E-state index in [1.165, 1.54) is 10.5 Å². The minimum Gasteiger partial charge on any atom is -0.381 e. The Kier molecular flexibility index (Phi) is 16.0. The highest BCUT2D eigenvalue weighted by molar-refractivity contribution is 7.99. The van der Waals surface area contributed by atoms with E-state index in [1.807, 2.05) is 11.8 Å². The van der Waals surface area contributed by atoms with E-state index in [9.17, 15) is 4.79 Å². The molecule has 0 aliphatic rings. The first-order chi connectivity index (χ1) is 8.11. The molecule has 0 heterocycles. The molecule has 1 atom stereocenters. The molecule has 0 aromatic heterocycles. The van der Waals surface area contributed by atoms with E-state index >= 15 is 0 Å². The number of ketones is 1. The minimum absolute atomic E-state index is 0. The number of Topliss-reactive ketones (excluding diaryl/α,β-unsaturated/α-hetero) is 1. The minimum atomic E-state index is 0. The number of benzene rings is 1. The molecule has 1 unspecified atom stereocenters. The van der Waals surface area contributed by atoms with Crippen LogP contribution < -0.4 is 0 Å². The van der Waals surface area contributed by atoms with Crippen LogP contribution in [0, 0.1) is 6.92 Å². The van der Waals surface area contributed by atoms with E-state index in [2.05, 4.69) is 31.2 Å². The normalized spacial score (nSPS) is 10.6. The summed E-state index contributed by atoms with van der Waals surface area (Å²) in [6, 6.07) is 8.50. The standard InChI is InChI=1S/C14H20O2S.3CH4/c1-11-4-6-14(7-5-11)17-9-8-13(16-3)10-12(2)15;;;/h4-7,13H,8-10H2,1-3H3;3*1H4. The first-order valence-corrected chi connectivity index (χ1v) is 6.82. The first-order valence-electron chi connectivity index (χ1n) is 5.83. The smallest absolute Gasteiger partial charge is 0.132 e. The molecule has 0 amide bonds. The summed E-state index contributed by atoms with van der Waals surface area (Å²) in [6.07, 6.45) is 1.49. The van der Waals surface area contributed by atoms with E-state index in [1.54, 1.807) is 14.0 Å². The predicted octanol–water partition coefficient (Wildman–Crippen LogP) is 5.38. The van der Waals surface area contributed by atoms with E-state index in [0.717, 1.165) is 12.2 Å². The van der Waals surface area contributed by atoms with Crippen LogP contribution in [-0.4, -0.2) is 24.7 Å². The van der Waals surface area contributed by atoms with Crippen LogP contribution in [0.4, 0.5) is 0 Å². The van der Waals surface area contributed by atoms with Gasteiger partial charge in [0.1, 0.15) is 5.78 Å². The summed E-state index contributed by atoms with van der Waals surface area (Å²) in [7, 11) is 1.67. The van der Waals surface area contributed by atoms with Crippen molar-refractivity contribution in [2.75, 3.05) is 12.9 Å². The van der Waals surface area contributed by atoms with Gasteiger partial charge in [-0.05, 0) is 32.4 Å². The Bertz CT molecular complexity index is 347. The molecule has 1 rings (SSSR count). The highest BCUT2D eigenvalue weighted by Gasteiger charge is 2.09. The maximum atomic E-state index is 11.0. The zero-order valence-corrected chi connectivity index (χ0v) is 11.5. The highest BCUT2D eigenvalue weighted by atomic mass is 32.2. The van der Waals surface area contributed by atoms with Gasteiger partial charge in [-0.3, -0.25) is 4.79 Å². The second kappa shape index (κ2) is 13.2. The number of methoxy groups -OCH3 is 1. The van der Waals surface area contributed by atoms with Gasteiger partial charge < -0.3 is 4.74 Å². The van der Waals surface area contributed by atoms with Crippen molar-refractivity contribution >= 4 is 17.5 Å². The van der Waals surface area contributed by atoms with Crippen LogP contribution in [0.25, 0.3) is 0 Å². The van der Waals surface area contributed by atoms with E-state index in [0.29, 0.717) is 6.42 Å². The molecule has 118 valence electrons. The van der Waals surface area contributed by atoms with E-state index in [-0.39, 0.29) is 34.2 Å². The molecule has 20 heavy (non-hydrogen) atoms. The molecule has 3 heteroatoms. The summed E-state index contributed by atoms with van der Waals surface area (Å²) in [5.41, 5.74) is 1.28. The van der Waals surface area contributed by atoms with Crippen LogP contribution in [0.3, 0.4) is 0 Å². The summed E-state index contributed by atoms with van der Waals surface area (Å²) in [4.78, 5) is 12.3. The summed E-state index contributed by atoms with van der Waals surface area (Å²) >= 11 is 1.81. The van der Waals surface area contributed by atoms with Crippen molar-refractivity contribution in [3.8, 4) is 0 Å². The van der Waals surface area contributed by atoms with Crippen molar-refractivity contribution in [3.63, 3.8) is 0 Å². The van der Waals surface area contributed by atoms with Crippen LogP contribution in [0.15, 0.2) is 29.2 Å². The zero-order valence-electron chi connectivity index (χ0n) is 10.7. The Labute approximate surface area is 130 Å². The molecule has 0 bridgehead atoms. The van der Waals surface area contributed by atoms with Gasteiger partial charge in [0.05, 0.1) is 6.10 Å². The number of carbonyl (C=O) groups excluding carboxylic acids is 1. The molecule has 0 spiro atoms. The van der Waals surface area contributed by atoms with E-state index < -0.39 is 0 Å². The van der Waals surface area contributed by atoms with Crippen molar-refractivity contribution in [3.05, 3.63) is 29.8 Å². The average Bonchev–Trinajstić information content (AvgIpc) is 2.30. The zero-order chi connectivity index (χ0) is 12.7. The number of carbonyl (C=O) groups is 1. The molecular formula is C17H32O2S. The third-order valence-corrected chi connectivity index (χ3v) is 3.62. The van der Waals surface area contributed by atoms with Crippen LogP contribution in [0.2, 0.25) is 0 Å². The van der Waals surface area contributed by atoms with Crippen molar-refractivity contribution in [1.29, 1.82) is 0 Å². The lowest BCUT2D eigenvalue weighted by molar-refractivity contribution is -0.119. The van der Waals surface area contributed by atoms with Crippen molar-refractivity contribution in [2.24, 2.45) is 0 Å². The molecule has 0 saturated heterocycles. The lowest BCUT2D eigenvalue weighted by Crippen LogP contribution is -2.15. The van der Waals surface area contributed by atoms with Gasteiger partial charge in [0.25, 0.3) is 0 Å². The molecule has 1 aromatic rings. The molecule has 0 radical (unpaired) electrons. The van der Waals surface area contributed by atoms with Gasteiger partial charge in [-0.1, -0.05) is 40.0 Å². The summed E-state index contributed by atoms with van der Waals surface area (Å²) < 4.78 is 5.28. The second-order valence-electron chi connectivity index (χ2n) is 4.21. The summed E-state index contributed by atoms with van der Waals surface area (Å²) in [6.45, 7) is 3.70. The predicted molar refractivity (Wildman–Crippen MR) is 92.8 cm³/mol. The molecular weight excluding hydrogens is 268 g/mol. The van der Waals surface area contributed by atoms with Gasteiger partial charge in [-0.25, -0.2) is 0 Å². The van der Waals surface area contributed by atoms with Gasteiger partial charge in [-0.2, -0.15) is 0 Å². The van der Waals surface area contributed by atoms with Gasteiger partial charge in [0.2, 0.25) is 0 Å². The summed E-state index contributed by atoms with van der Waals surface area (Å²) in [5.74, 6) is 1.17. The van der Waals surface area contributed by atoms with Crippen LogP contribution >= 0.6 is 11.8 Å². The number of ether oxygens (including phenoxy) is 1. The molecule has 0 aliphatic carbocycles. The third-order valence-electron chi connectivity index (χ3n) is 2.58. The quantitative estimate of drug-likeness (QED) is 0.632. The van der Waals surface area contributed by atoms with Gasteiger partial charge in [0, 0.05) is 24.2 Å². The van der Waals surface area contributed by atoms with Gasteiger partial charge in [0.15, 0.2) is 0 Å². The molecule has 0 fully saturated rings. The number of rotatable bonds is 7. The number of thioether (sulfide) groups is 1. The topological polar surface area (TPSA) is 26.3 Å². The van der Waals surface area contributed by atoms with Crippen LogP contribution in [0.1, 0.15) is 47.6 Å². The molecule has 2 nitrogen and oxygen atoms in total. The fourth-order valence-corrected chi connectivity index (χ4v) is 2.51. The Balaban J connectivity index is -0.000000963. The van der Waals surface area contributed by atoms with Crippen LogP contribution in [0.5, 0.6) is 0 Å². The molecule has 0 saturated carbocycles. The molecule has 0 aliphatic heterocycles. The van der Waals surface area contributed by atoms with Crippen molar-refractivity contribution in [2.45, 2.75) is 60.0 Å². The van der Waals surface area contributed by atoms with Crippen molar-refractivity contribution < 1.29 is 9.53 Å². The third kappa shape index (κ3) is 10.0. The van der Waals surface area contributed by atoms with Crippen molar-refractivity contribution in [1.82, 2.24) is 0 Å². The fraction of sp³-hybridized carbons (Fsp3) is 0.588. The Morgan fingerprint density at radius 3 is 2.20 bits per heavy atom. The SMILES string of the molecule is C.C.C.COC(CCSc1ccc(C)cc1)CC(C)=O. The Morgan fingerprint density at radius 2 is 1.75 bits per heavy atom. The number of hydrogen-bond donors (Lipinski definition) is 0. The average molecular weight is 301 g/mol.